The van der Waals surface area contributed by atoms with Gasteiger partial charge in [0.25, 0.3) is 0 Å². The summed E-state index contributed by atoms with van der Waals surface area (Å²) in [6.45, 7) is 0. The maximum Gasteiger partial charge on any atom is 0.334 e. The van der Waals surface area contributed by atoms with E-state index in [1.165, 1.54) is 0 Å². The minimum absolute atomic E-state index is 0.0916. The van der Waals surface area contributed by atoms with Crippen molar-refractivity contribution in [3.63, 3.8) is 0 Å². The molecule has 0 aliphatic rings. The molecule has 0 saturated heterocycles. The fraction of sp³-hybridized carbons (Fsp3) is 0.0769. The van der Waals surface area contributed by atoms with Gasteiger partial charge in [-0.25, -0.2) is 14.3 Å². The van der Waals surface area contributed by atoms with Gasteiger partial charge >= 0.3 is 5.69 Å². The van der Waals surface area contributed by atoms with Gasteiger partial charge in [-0.2, -0.15) is 0 Å². The van der Waals surface area contributed by atoms with Crippen LogP contribution in [-0.4, -0.2) is 14.1 Å². The van der Waals surface area contributed by atoms with Gasteiger partial charge < -0.3 is 0 Å². The van der Waals surface area contributed by atoms with Crippen LogP contribution in [0.1, 0.15) is 0 Å². The topological polar surface area (TPSA) is 39.8 Å². The van der Waals surface area contributed by atoms with Crippen molar-refractivity contribution >= 4 is 27.0 Å². The van der Waals surface area contributed by atoms with E-state index in [9.17, 15) is 4.79 Å². The first-order chi connectivity index (χ1) is 8.68. The molecule has 0 aliphatic heterocycles. The van der Waals surface area contributed by atoms with Crippen molar-refractivity contribution in [2.75, 3.05) is 0 Å². The molecule has 3 aromatic rings. The molecular formula is C13H10BrN3O. The minimum Gasteiger partial charge on any atom is -0.295 e. The first-order valence-corrected chi connectivity index (χ1v) is 6.26. The van der Waals surface area contributed by atoms with E-state index < -0.39 is 0 Å². The highest BCUT2D eigenvalue weighted by atomic mass is 79.9. The van der Waals surface area contributed by atoms with Crippen LogP contribution in [0.5, 0.6) is 0 Å². The largest absolute Gasteiger partial charge is 0.334 e. The summed E-state index contributed by atoms with van der Waals surface area (Å²) in [7, 11) is 1.76. The molecule has 4 nitrogen and oxygen atoms in total. The molecule has 0 fully saturated rings. The number of hydrogen-bond acceptors (Lipinski definition) is 2. The van der Waals surface area contributed by atoms with Crippen molar-refractivity contribution in [1.82, 2.24) is 14.1 Å². The van der Waals surface area contributed by atoms with E-state index in [1.807, 2.05) is 36.4 Å². The number of benzene rings is 1. The average molecular weight is 304 g/mol. The summed E-state index contributed by atoms with van der Waals surface area (Å²) >= 11 is 3.34. The fourth-order valence-corrected chi connectivity index (χ4v) is 2.25. The zero-order valence-electron chi connectivity index (χ0n) is 9.67. The number of pyridine rings is 1. The van der Waals surface area contributed by atoms with Crippen molar-refractivity contribution in [2.45, 2.75) is 0 Å². The molecule has 3 rings (SSSR count). The third-order valence-corrected chi connectivity index (χ3v) is 3.37. The summed E-state index contributed by atoms with van der Waals surface area (Å²) in [6, 6.07) is 11.4. The maximum atomic E-state index is 12.2. The second kappa shape index (κ2) is 4.10. The van der Waals surface area contributed by atoms with E-state index in [2.05, 4.69) is 20.9 Å². The van der Waals surface area contributed by atoms with E-state index in [1.54, 1.807) is 22.4 Å². The normalized spacial score (nSPS) is 11.0. The quantitative estimate of drug-likeness (QED) is 0.693. The number of aromatic nitrogens is 3. The molecule has 2 aromatic heterocycles. The van der Waals surface area contributed by atoms with Crippen LogP contribution in [0.25, 0.3) is 16.9 Å². The van der Waals surface area contributed by atoms with Crippen LogP contribution < -0.4 is 5.69 Å². The molecule has 1 aromatic carbocycles. The van der Waals surface area contributed by atoms with Gasteiger partial charge in [0.1, 0.15) is 5.82 Å². The minimum atomic E-state index is -0.0916. The van der Waals surface area contributed by atoms with Gasteiger partial charge in [-0.05, 0) is 40.2 Å². The molecule has 0 radical (unpaired) electrons. The molecular weight excluding hydrogens is 294 g/mol. The van der Waals surface area contributed by atoms with Crippen LogP contribution in [-0.2, 0) is 7.05 Å². The Hall–Kier alpha value is -1.88. The van der Waals surface area contributed by atoms with Crippen molar-refractivity contribution in [1.29, 1.82) is 0 Å². The standard InChI is InChI=1S/C13H10BrN3O/c1-16-10-4-2-3-5-11(10)17(13(16)18)12-7-6-9(14)8-15-12/h2-8H,1H3. The van der Waals surface area contributed by atoms with Crippen LogP contribution in [0.4, 0.5) is 0 Å². The highest BCUT2D eigenvalue weighted by Gasteiger charge is 2.11. The van der Waals surface area contributed by atoms with E-state index in [0.29, 0.717) is 5.82 Å². The Balaban J connectivity index is 2.39. The molecule has 0 atom stereocenters. The third-order valence-electron chi connectivity index (χ3n) is 2.90. The molecule has 0 saturated carbocycles. The predicted octanol–water partition coefficient (Wildman–Crippen LogP) is 2.49. The number of rotatable bonds is 1. The van der Waals surface area contributed by atoms with Gasteiger partial charge in [-0.1, -0.05) is 12.1 Å². The summed E-state index contributed by atoms with van der Waals surface area (Å²) in [5, 5.41) is 0. The number of fused-ring (bicyclic) bond motifs is 1. The van der Waals surface area contributed by atoms with Crippen LogP contribution in [0, 0.1) is 0 Å². The monoisotopic (exact) mass is 303 g/mol. The zero-order valence-corrected chi connectivity index (χ0v) is 11.3. The molecule has 0 unspecified atom stereocenters. The third kappa shape index (κ3) is 1.59. The number of imidazole rings is 1. The molecule has 18 heavy (non-hydrogen) atoms. The summed E-state index contributed by atoms with van der Waals surface area (Å²) in [6.07, 6.45) is 1.68. The number of halogens is 1. The first-order valence-electron chi connectivity index (χ1n) is 5.47. The molecule has 90 valence electrons. The molecule has 0 N–H and O–H groups in total. The summed E-state index contributed by atoms with van der Waals surface area (Å²) < 4.78 is 4.13. The maximum absolute atomic E-state index is 12.2. The second-order valence-electron chi connectivity index (χ2n) is 4.00. The number of para-hydroxylation sites is 2. The van der Waals surface area contributed by atoms with Gasteiger partial charge in [-0.3, -0.25) is 4.57 Å². The van der Waals surface area contributed by atoms with E-state index in [4.69, 9.17) is 0 Å². The first kappa shape index (κ1) is 11.2. The van der Waals surface area contributed by atoms with Gasteiger partial charge in [-0.15, -0.1) is 0 Å². The average Bonchev–Trinajstić information content (AvgIpc) is 2.64. The molecule has 2 heterocycles. The Kier molecular flexibility index (Phi) is 2.56. The van der Waals surface area contributed by atoms with Crippen molar-refractivity contribution in [2.24, 2.45) is 7.05 Å². The van der Waals surface area contributed by atoms with Crippen molar-refractivity contribution in [3.8, 4) is 5.82 Å². The van der Waals surface area contributed by atoms with E-state index in [0.717, 1.165) is 15.5 Å². The lowest BCUT2D eigenvalue weighted by atomic mass is 10.3. The lowest BCUT2D eigenvalue weighted by Gasteiger charge is -2.01. The number of hydrogen-bond donors (Lipinski definition) is 0. The Bertz CT molecular complexity index is 771. The van der Waals surface area contributed by atoms with Crippen molar-refractivity contribution in [3.05, 3.63) is 57.6 Å². The SMILES string of the molecule is Cn1c(=O)n(-c2ccc(Br)cn2)c2ccccc21. The van der Waals surface area contributed by atoms with Gasteiger partial charge in [0.05, 0.1) is 11.0 Å². The van der Waals surface area contributed by atoms with E-state index >= 15 is 0 Å². The lowest BCUT2D eigenvalue weighted by Crippen LogP contribution is -2.21. The Morgan fingerprint density at radius 3 is 2.50 bits per heavy atom. The van der Waals surface area contributed by atoms with Gasteiger partial charge in [0.2, 0.25) is 0 Å². The fourth-order valence-electron chi connectivity index (χ4n) is 2.01. The van der Waals surface area contributed by atoms with Crippen LogP contribution in [0.3, 0.4) is 0 Å². The zero-order chi connectivity index (χ0) is 12.7. The molecule has 5 heteroatoms. The van der Waals surface area contributed by atoms with Crippen LogP contribution >= 0.6 is 15.9 Å². The second-order valence-corrected chi connectivity index (χ2v) is 4.92. The Morgan fingerprint density at radius 1 is 1.11 bits per heavy atom. The van der Waals surface area contributed by atoms with Gasteiger partial charge in [0.15, 0.2) is 0 Å². The predicted molar refractivity (Wildman–Crippen MR) is 74.0 cm³/mol. The molecule has 0 bridgehead atoms. The summed E-state index contributed by atoms with van der Waals surface area (Å²) in [5.41, 5.74) is 1.66. The summed E-state index contributed by atoms with van der Waals surface area (Å²) in [5.74, 6) is 0.625. The number of nitrogens with zero attached hydrogens (tertiary/aromatic N) is 3. The molecule has 0 spiro atoms. The van der Waals surface area contributed by atoms with Crippen molar-refractivity contribution < 1.29 is 0 Å². The Morgan fingerprint density at radius 2 is 1.83 bits per heavy atom. The van der Waals surface area contributed by atoms with E-state index in [-0.39, 0.29) is 5.69 Å². The number of aryl methyl sites for hydroxylation is 1. The Labute approximate surface area is 112 Å². The highest BCUT2D eigenvalue weighted by molar-refractivity contribution is 9.10. The van der Waals surface area contributed by atoms with Gasteiger partial charge in [0, 0.05) is 17.7 Å². The van der Waals surface area contributed by atoms with Crippen LogP contribution in [0.2, 0.25) is 0 Å². The molecule has 0 aliphatic carbocycles. The lowest BCUT2D eigenvalue weighted by molar-refractivity contribution is 0.834. The molecule has 0 amide bonds. The smallest absolute Gasteiger partial charge is 0.295 e. The van der Waals surface area contributed by atoms with Crippen LogP contribution in [0.15, 0.2) is 51.9 Å². The summed E-state index contributed by atoms with van der Waals surface area (Å²) in [4.78, 5) is 16.5. The highest BCUT2D eigenvalue weighted by Crippen LogP contribution is 2.16.